The van der Waals surface area contributed by atoms with Crippen molar-refractivity contribution in [3.63, 3.8) is 0 Å². The molecule has 1 fully saturated rings. The Bertz CT molecular complexity index is 321. The summed E-state index contributed by atoms with van der Waals surface area (Å²) in [6, 6.07) is 0.0741. The van der Waals surface area contributed by atoms with Gasteiger partial charge in [0, 0.05) is 17.8 Å². The van der Waals surface area contributed by atoms with Crippen molar-refractivity contribution in [3.8, 4) is 0 Å². The van der Waals surface area contributed by atoms with E-state index in [1.165, 1.54) is 25.1 Å². The van der Waals surface area contributed by atoms with E-state index in [1.807, 2.05) is 6.92 Å². The topological polar surface area (TPSA) is 42.1 Å². The molecule has 0 aromatic carbocycles. The van der Waals surface area contributed by atoms with Crippen LogP contribution in [0.4, 0.5) is 0 Å². The maximum Gasteiger partial charge on any atom is 0.109 e. The van der Waals surface area contributed by atoms with E-state index in [9.17, 15) is 0 Å². The molecule has 1 aromatic heterocycles. The number of piperidine rings is 1. The first-order chi connectivity index (χ1) is 7.16. The van der Waals surface area contributed by atoms with E-state index in [2.05, 4.69) is 22.3 Å². The number of likely N-dealkylation sites (N-methyl/N-ethyl adjacent to an activating group) is 1. The molecule has 2 unspecified atom stereocenters. The van der Waals surface area contributed by atoms with Crippen molar-refractivity contribution in [3.05, 3.63) is 16.1 Å². The third kappa shape index (κ3) is 2.56. The minimum Gasteiger partial charge on any atom is -0.322 e. The summed E-state index contributed by atoms with van der Waals surface area (Å²) in [7, 11) is 2.19. The molecule has 1 aliphatic heterocycles. The van der Waals surface area contributed by atoms with Crippen LogP contribution < -0.4 is 5.73 Å². The van der Waals surface area contributed by atoms with Crippen molar-refractivity contribution in [2.45, 2.75) is 31.7 Å². The predicted molar refractivity (Wildman–Crippen MR) is 64.2 cm³/mol. The third-order valence-electron chi connectivity index (χ3n) is 2.97. The minimum atomic E-state index is 0.0741. The van der Waals surface area contributed by atoms with Crippen LogP contribution in [-0.4, -0.2) is 30.0 Å². The Labute approximate surface area is 95.3 Å². The highest BCUT2D eigenvalue weighted by Gasteiger charge is 2.21. The maximum absolute atomic E-state index is 5.82. The summed E-state index contributed by atoms with van der Waals surface area (Å²) in [5.74, 6) is 0.618. The molecule has 0 saturated carbocycles. The molecule has 0 radical (unpaired) electrons. The van der Waals surface area contributed by atoms with Crippen LogP contribution in [0.1, 0.15) is 42.4 Å². The lowest BCUT2D eigenvalue weighted by Crippen LogP contribution is -2.30. The van der Waals surface area contributed by atoms with Gasteiger partial charge in [-0.25, -0.2) is 4.98 Å². The van der Waals surface area contributed by atoms with E-state index in [1.54, 1.807) is 11.3 Å². The summed E-state index contributed by atoms with van der Waals surface area (Å²) in [6.45, 7) is 4.36. The normalized spacial score (nSPS) is 25.4. The van der Waals surface area contributed by atoms with Gasteiger partial charge in [0.25, 0.3) is 0 Å². The zero-order valence-corrected chi connectivity index (χ0v) is 10.3. The van der Waals surface area contributed by atoms with E-state index in [-0.39, 0.29) is 6.04 Å². The largest absolute Gasteiger partial charge is 0.322 e. The van der Waals surface area contributed by atoms with Crippen molar-refractivity contribution in [2.24, 2.45) is 5.73 Å². The summed E-state index contributed by atoms with van der Waals surface area (Å²) in [6.07, 6.45) is 2.55. The summed E-state index contributed by atoms with van der Waals surface area (Å²) in [4.78, 5) is 7.02. The number of thiazole rings is 1. The molecule has 15 heavy (non-hydrogen) atoms. The number of hydrogen-bond acceptors (Lipinski definition) is 4. The molecule has 2 atom stereocenters. The van der Waals surface area contributed by atoms with E-state index in [4.69, 9.17) is 5.73 Å². The van der Waals surface area contributed by atoms with Gasteiger partial charge in [-0.15, -0.1) is 11.3 Å². The lowest BCUT2D eigenvalue weighted by atomic mass is 9.96. The van der Waals surface area contributed by atoms with Gasteiger partial charge in [-0.1, -0.05) is 0 Å². The summed E-state index contributed by atoms with van der Waals surface area (Å²) in [5, 5.41) is 3.25. The fourth-order valence-electron chi connectivity index (χ4n) is 2.11. The lowest BCUT2D eigenvalue weighted by molar-refractivity contribution is 0.248. The first-order valence-electron chi connectivity index (χ1n) is 5.56. The number of nitrogens with zero attached hydrogens (tertiary/aromatic N) is 2. The average molecular weight is 225 g/mol. The summed E-state index contributed by atoms with van der Waals surface area (Å²) in [5.41, 5.74) is 7.07. The monoisotopic (exact) mass is 225 g/mol. The second-order valence-corrected chi connectivity index (χ2v) is 5.39. The molecule has 3 nitrogen and oxygen atoms in total. The Hall–Kier alpha value is -0.450. The van der Waals surface area contributed by atoms with Crippen LogP contribution >= 0.6 is 11.3 Å². The highest BCUT2D eigenvalue weighted by Crippen LogP contribution is 2.28. The number of aromatic nitrogens is 1. The Morgan fingerprint density at radius 2 is 2.47 bits per heavy atom. The molecule has 0 aliphatic carbocycles. The van der Waals surface area contributed by atoms with Gasteiger partial charge >= 0.3 is 0 Å². The number of rotatable bonds is 2. The highest BCUT2D eigenvalue weighted by molar-refractivity contribution is 7.09. The van der Waals surface area contributed by atoms with Crippen molar-refractivity contribution in [1.82, 2.24) is 9.88 Å². The molecule has 2 heterocycles. The molecule has 84 valence electrons. The predicted octanol–water partition coefficient (Wildman–Crippen LogP) is 1.97. The number of likely N-dealkylation sites (tertiary alicyclic amines) is 1. The maximum atomic E-state index is 5.82. The van der Waals surface area contributed by atoms with Crippen LogP contribution in [0.2, 0.25) is 0 Å². The minimum absolute atomic E-state index is 0.0741. The van der Waals surface area contributed by atoms with Gasteiger partial charge in [0.2, 0.25) is 0 Å². The van der Waals surface area contributed by atoms with Gasteiger partial charge in [-0.2, -0.15) is 0 Å². The van der Waals surface area contributed by atoms with Crippen molar-refractivity contribution in [1.29, 1.82) is 0 Å². The Balaban J connectivity index is 2.08. The van der Waals surface area contributed by atoms with E-state index < -0.39 is 0 Å². The standard InChI is InChI=1S/C11H19N3S/c1-8(12)11-13-10(7-15-11)9-4-3-5-14(2)6-9/h7-9H,3-6,12H2,1-2H3. The third-order valence-corrected chi connectivity index (χ3v) is 4.04. The van der Waals surface area contributed by atoms with Gasteiger partial charge in [-0.05, 0) is 33.4 Å². The van der Waals surface area contributed by atoms with Gasteiger partial charge < -0.3 is 10.6 Å². The molecule has 1 aromatic rings. The molecular formula is C11H19N3S. The number of hydrogen-bond donors (Lipinski definition) is 1. The van der Waals surface area contributed by atoms with Crippen LogP contribution in [0.3, 0.4) is 0 Å². The SMILES string of the molecule is CC(N)c1nc(C2CCCN(C)C2)cs1. The van der Waals surface area contributed by atoms with Gasteiger partial charge in [0.15, 0.2) is 0 Å². The van der Waals surface area contributed by atoms with Crippen molar-refractivity contribution >= 4 is 11.3 Å². The first kappa shape index (κ1) is 11.0. The second kappa shape index (κ2) is 4.60. The van der Waals surface area contributed by atoms with Crippen LogP contribution in [0, 0.1) is 0 Å². The second-order valence-electron chi connectivity index (χ2n) is 4.50. The van der Waals surface area contributed by atoms with Crippen LogP contribution in [0.5, 0.6) is 0 Å². The van der Waals surface area contributed by atoms with Crippen LogP contribution in [-0.2, 0) is 0 Å². The summed E-state index contributed by atoms with van der Waals surface area (Å²) >= 11 is 1.70. The molecule has 4 heteroatoms. The van der Waals surface area contributed by atoms with E-state index in [0.29, 0.717) is 5.92 Å². The van der Waals surface area contributed by atoms with Gasteiger partial charge in [0.05, 0.1) is 11.7 Å². The fourth-order valence-corrected chi connectivity index (χ4v) is 2.96. The number of nitrogens with two attached hydrogens (primary N) is 1. The van der Waals surface area contributed by atoms with Crippen LogP contribution in [0.25, 0.3) is 0 Å². The quantitative estimate of drug-likeness (QED) is 0.836. The molecule has 0 bridgehead atoms. The zero-order chi connectivity index (χ0) is 10.8. The molecule has 0 amide bonds. The molecule has 2 rings (SSSR count). The van der Waals surface area contributed by atoms with E-state index >= 15 is 0 Å². The Kier molecular flexibility index (Phi) is 3.38. The smallest absolute Gasteiger partial charge is 0.109 e. The first-order valence-corrected chi connectivity index (χ1v) is 6.44. The fraction of sp³-hybridized carbons (Fsp3) is 0.727. The molecule has 1 aliphatic rings. The van der Waals surface area contributed by atoms with E-state index in [0.717, 1.165) is 11.6 Å². The lowest BCUT2D eigenvalue weighted by Gasteiger charge is -2.28. The molecule has 1 saturated heterocycles. The van der Waals surface area contributed by atoms with Crippen molar-refractivity contribution < 1.29 is 0 Å². The zero-order valence-electron chi connectivity index (χ0n) is 9.44. The van der Waals surface area contributed by atoms with Gasteiger partial charge in [-0.3, -0.25) is 0 Å². The molecule has 0 spiro atoms. The Morgan fingerprint density at radius 1 is 1.67 bits per heavy atom. The molecule has 2 N–H and O–H groups in total. The van der Waals surface area contributed by atoms with Crippen molar-refractivity contribution in [2.75, 3.05) is 20.1 Å². The van der Waals surface area contributed by atoms with Gasteiger partial charge in [0.1, 0.15) is 5.01 Å². The van der Waals surface area contributed by atoms with Crippen LogP contribution in [0.15, 0.2) is 5.38 Å². The average Bonchev–Trinajstić information content (AvgIpc) is 2.66. The molecular weight excluding hydrogens is 206 g/mol. The highest BCUT2D eigenvalue weighted by atomic mass is 32.1. The Morgan fingerprint density at radius 3 is 3.07 bits per heavy atom. The summed E-state index contributed by atoms with van der Waals surface area (Å²) < 4.78 is 0.